The molecule has 1 heterocycles. The second kappa shape index (κ2) is 7.40. The average Bonchev–Trinajstić information content (AvgIpc) is 2.98. The maximum atomic E-state index is 12.6. The molecule has 0 radical (unpaired) electrons. The standard InChI is InChI=1S/C21H19F3N2O4/c1-20(2,11-18(27)28)13-4-3-5-14(9-13)26-16-10-15(30-21(22,23)24)7-6-12(16)8-17(26)19(25)29/h3-10H,11H2,1-2H3,(H2,25,29)(H,27,28). The molecule has 2 aromatic carbocycles. The van der Waals surface area contributed by atoms with Crippen LogP contribution in [0.3, 0.4) is 0 Å². The summed E-state index contributed by atoms with van der Waals surface area (Å²) in [6.07, 6.45) is -4.99. The fraction of sp³-hybridized carbons (Fsp3) is 0.238. The summed E-state index contributed by atoms with van der Waals surface area (Å²) >= 11 is 0. The largest absolute Gasteiger partial charge is 0.573 e. The van der Waals surface area contributed by atoms with Crippen molar-refractivity contribution in [3.8, 4) is 11.4 Å². The predicted octanol–water partition coefficient (Wildman–Crippen LogP) is 4.38. The van der Waals surface area contributed by atoms with E-state index in [-0.39, 0.29) is 12.1 Å². The summed E-state index contributed by atoms with van der Waals surface area (Å²) < 4.78 is 43.3. The Morgan fingerprint density at radius 3 is 2.40 bits per heavy atom. The van der Waals surface area contributed by atoms with Crippen molar-refractivity contribution in [3.63, 3.8) is 0 Å². The third kappa shape index (κ3) is 4.40. The number of rotatable bonds is 6. The van der Waals surface area contributed by atoms with Gasteiger partial charge in [-0.2, -0.15) is 0 Å². The van der Waals surface area contributed by atoms with Gasteiger partial charge >= 0.3 is 12.3 Å². The van der Waals surface area contributed by atoms with Crippen LogP contribution in [0.2, 0.25) is 0 Å². The summed E-state index contributed by atoms with van der Waals surface area (Å²) in [4.78, 5) is 23.2. The molecule has 1 amide bonds. The summed E-state index contributed by atoms with van der Waals surface area (Å²) in [6, 6.07) is 12.0. The van der Waals surface area contributed by atoms with Crippen LogP contribution in [-0.4, -0.2) is 27.9 Å². The number of amides is 1. The van der Waals surface area contributed by atoms with E-state index in [0.717, 1.165) is 6.07 Å². The molecule has 0 bridgehead atoms. The van der Waals surface area contributed by atoms with Crippen molar-refractivity contribution in [1.29, 1.82) is 0 Å². The van der Waals surface area contributed by atoms with Gasteiger partial charge in [0.05, 0.1) is 11.9 Å². The molecular weight excluding hydrogens is 401 g/mol. The minimum atomic E-state index is -4.86. The third-order valence-electron chi connectivity index (χ3n) is 4.74. The van der Waals surface area contributed by atoms with Crippen molar-refractivity contribution < 1.29 is 32.6 Å². The van der Waals surface area contributed by atoms with Crippen molar-refractivity contribution in [2.24, 2.45) is 5.73 Å². The molecule has 158 valence electrons. The summed E-state index contributed by atoms with van der Waals surface area (Å²) in [5.74, 6) is -2.17. The fourth-order valence-electron chi connectivity index (χ4n) is 3.38. The van der Waals surface area contributed by atoms with Crippen LogP contribution in [0.1, 0.15) is 36.3 Å². The fourth-order valence-corrected chi connectivity index (χ4v) is 3.38. The Balaban J connectivity index is 2.20. The normalized spacial score (nSPS) is 12.2. The number of benzene rings is 2. The number of aromatic nitrogens is 1. The average molecular weight is 420 g/mol. The smallest absolute Gasteiger partial charge is 0.481 e. The maximum absolute atomic E-state index is 12.6. The van der Waals surface area contributed by atoms with Crippen LogP contribution in [0.5, 0.6) is 5.75 Å². The first-order valence-corrected chi connectivity index (χ1v) is 8.91. The summed E-state index contributed by atoms with van der Waals surface area (Å²) in [7, 11) is 0. The number of aliphatic carboxylic acids is 1. The number of fused-ring (bicyclic) bond motifs is 1. The second-order valence-electron chi connectivity index (χ2n) is 7.50. The number of alkyl halides is 3. The number of hydrogen-bond acceptors (Lipinski definition) is 3. The molecular formula is C21H19F3N2O4. The van der Waals surface area contributed by atoms with Crippen molar-refractivity contribution >= 4 is 22.8 Å². The zero-order valence-electron chi connectivity index (χ0n) is 16.2. The monoisotopic (exact) mass is 420 g/mol. The predicted molar refractivity (Wildman–Crippen MR) is 104 cm³/mol. The number of ether oxygens (including phenoxy) is 1. The highest BCUT2D eigenvalue weighted by Gasteiger charge is 2.31. The Bertz CT molecular complexity index is 1130. The number of carbonyl (C=O) groups excluding carboxylic acids is 1. The molecule has 0 atom stereocenters. The number of primary amides is 1. The Morgan fingerprint density at radius 1 is 1.10 bits per heavy atom. The number of nitrogens with zero attached hydrogens (tertiary/aromatic N) is 1. The molecule has 0 aliphatic rings. The SMILES string of the molecule is CC(C)(CC(=O)O)c1cccc(-n2c(C(N)=O)cc3ccc(OC(F)(F)F)cc32)c1. The van der Waals surface area contributed by atoms with Crippen molar-refractivity contribution in [1.82, 2.24) is 4.57 Å². The van der Waals surface area contributed by atoms with Gasteiger partial charge in [0.1, 0.15) is 11.4 Å². The number of nitrogens with two attached hydrogens (primary N) is 1. The number of hydrogen-bond donors (Lipinski definition) is 2. The Hall–Kier alpha value is -3.49. The van der Waals surface area contributed by atoms with E-state index < -0.39 is 29.4 Å². The van der Waals surface area contributed by atoms with E-state index in [1.54, 1.807) is 38.1 Å². The van der Waals surface area contributed by atoms with Crippen LogP contribution in [0, 0.1) is 0 Å². The summed E-state index contributed by atoms with van der Waals surface area (Å²) in [5.41, 5.74) is 6.28. The van der Waals surface area contributed by atoms with E-state index in [9.17, 15) is 27.9 Å². The van der Waals surface area contributed by atoms with Gasteiger partial charge < -0.3 is 20.1 Å². The minimum absolute atomic E-state index is 0.0716. The van der Waals surface area contributed by atoms with Crippen LogP contribution >= 0.6 is 0 Å². The lowest BCUT2D eigenvalue weighted by Gasteiger charge is -2.24. The van der Waals surface area contributed by atoms with Crippen LogP contribution in [0.15, 0.2) is 48.5 Å². The first-order chi connectivity index (χ1) is 13.9. The number of carbonyl (C=O) groups is 2. The van der Waals surface area contributed by atoms with Gasteiger partial charge in [0.2, 0.25) is 0 Å². The molecule has 3 aromatic rings. The van der Waals surface area contributed by atoms with Gasteiger partial charge in [-0.3, -0.25) is 9.59 Å². The van der Waals surface area contributed by atoms with E-state index in [1.807, 2.05) is 0 Å². The van der Waals surface area contributed by atoms with Crippen molar-refractivity contribution in [3.05, 3.63) is 59.8 Å². The van der Waals surface area contributed by atoms with Crippen LogP contribution < -0.4 is 10.5 Å². The molecule has 0 aliphatic heterocycles. The highest BCUT2D eigenvalue weighted by atomic mass is 19.4. The van der Waals surface area contributed by atoms with Gasteiger partial charge in [-0.15, -0.1) is 13.2 Å². The third-order valence-corrected chi connectivity index (χ3v) is 4.74. The van der Waals surface area contributed by atoms with Gasteiger partial charge in [-0.1, -0.05) is 26.0 Å². The lowest BCUT2D eigenvalue weighted by atomic mass is 9.81. The van der Waals surface area contributed by atoms with Crippen LogP contribution in [0.4, 0.5) is 13.2 Å². The summed E-state index contributed by atoms with van der Waals surface area (Å²) in [6.45, 7) is 3.52. The van der Waals surface area contributed by atoms with E-state index in [2.05, 4.69) is 4.74 Å². The highest BCUT2D eigenvalue weighted by molar-refractivity contribution is 5.99. The van der Waals surface area contributed by atoms with E-state index in [4.69, 9.17) is 5.73 Å². The molecule has 0 aliphatic carbocycles. The number of halogens is 3. The minimum Gasteiger partial charge on any atom is -0.481 e. The van der Waals surface area contributed by atoms with Gasteiger partial charge in [-0.25, -0.2) is 0 Å². The number of carboxylic acid groups (broad SMARTS) is 1. The number of carboxylic acids is 1. The van der Waals surface area contributed by atoms with Gasteiger partial charge in [0.15, 0.2) is 0 Å². The Morgan fingerprint density at radius 2 is 1.80 bits per heavy atom. The summed E-state index contributed by atoms with van der Waals surface area (Å²) in [5, 5.41) is 9.67. The van der Waals surface area contributed by atoms with Crippen LogP contribution in [0.25, 0.3) is 16.6 Å². The molecule has 30 heavy (non-hydrogen) atoms. The Labute approximate surface area is 169 Å². The van der Waals surface area contributed by atoms with Gasteiger partial charge in [0.25, 0.3) is 5.91 Å². The van der Waals surface area contributed by atoms with E-state index in [0.29, 0.717) is 22.2 Å². The topological polar surface area (TPSA) is 94.5 Å². The quantitative estimate of drug-likeness (QED) is 0.619. The van der Waals surface area contributed by atoms with Crippen LogP contribution in [-0.2, 0) is 10.2 Å². The van der Waals surface area contributed by atoms with E-state index >= 15 is 0 Å². The van der Waals surface area contributed by atoms with Crippen molar-refractivity contribution in [2.45, 2.75) is 32.0 Å². The lowest BCUT2D eigenvalue weighted by molar-refractivity contribution is -0.274. The molecule has 0 spiro atoms. The highest BCUT2D eigenvalue weighted by Crippen LogP contribution is 2.33. The lowest BCUT2D eigenvalue weighted by Crippen LogP contribution is -2.22. The molecule has 6 nitrogen and oxygen atoms in total. The molecule has 0 saturated heterocycles. The first-order valence-electron chi connectivity index (χ1n) is 8.91. The Kier molecular flexibility index (Phi) is 5.23. The van der Waals surface area contributed by atoms with E-state index in [1.165, 1.54) is 22.8 Å². The molecule has 9 heteroatoms. The maximum Gasteiger partial charge on any atom is 0.573 e. The van der Waals surface area contributed by atoms with Crippen molar-refractivity contribution in [2.75, 3.05) is 0 Å². The molecule has 0 fully saturated rings. The van der Waals surface area contributed by atoms with Gasteiger partial charge in [0, 0.05) is 22.6 Å². The zero-order chi connectivity index (χ0) is 22.3. The zero-order valence-corrected chi connectivity index (χ0v) is 16.2. The molecule has 1 aromatic heterocycles. The molecule has 3 rings (SSSR count). The second-order valence-corrected chi connectivity index (χ2v) is 7.50. The molecule has 0 saturated carbocycles. The molecule has 0 unspecified atom stereocenters. The molecule has 3 N–H and O–H groups in total. The first kappa shape index (κ1) is 21.2. The van der Waals surface area contributed by atoms with Gasteiger partial charge in [-0.05, 0) is 35.9 Å².